The van der Waals surface area contributed by atoms with Gasteiger partial charge < -0.3 is 19.5 Å². The molecule has 0 bridgehead atoms. The van der Waals surface area contributed by atoms with Crippen molar-refractivity contribution in [1.82, 2.24) is 15.1 Å². The van der Waals surface area contributed by atoms with Crippen LogP contribution in [-0.2, 0) is 14.3 Å². The van der Waals surface area contributed by atoms with Crippen LogP contribution in [0.5, 0.6) is 11.5 Å². The number of fused-ring (bicyclic) bond motifs is 1. The van der Waals surface area contributed by atoms with E-state index >= 15 is 0 Å². The summed E-state index contributed by atoms with van der Waals surface area (Å²) in [5.74, 6) is 0.829. The average Bonchev–Trinajstić information content (AvgIpc) is 3.69. The molecule has 0 aliphatic carbocycles. The van der Waals surface area contributed by atoms with Crippen LogP contribution in [0.4, 0.5) is 10.2 Å². The second kappa shape index (κ2) is 13.1. The molecule has 11 heteroatoms. The van der Waals surface area contributed by atoms with Gasteiger partial charge in [-0.3, -0.25) is 14.5 Å². The van der Waals surface area contributed by atoms with Crippen LogP contribution in [0.1, 0.15) is 29.2 Å². The lowest BCUT2D eigenvalue weighted by Gasteiger charge is -2.24. The number of benzene rings is 3. The number of carbonyl (C=O) groups is 2. The van der Waals surface area contributed by atoms with Gasteiger partial charge >= 0.3 is 0 Å². The molecule has 44 heavy (non-hydrogen) atoms. The smallest absolute Gasteiger partial charge is 0.240 e. The van der Waals surface area contributed by atoms with Gasteiger partial charge in [-0.15, -0.1) is 11.8 Å². The molecular formula is C33H33FN4O5S. The van der Waals surface area contributed by atoms with E-state index in [1.807, 2.05) is 48.5 Å². The van der Waals surface area contributed by atoms with Crippen LogP contribution < -0.4 is 19.7 Å². The second-order valence-electron chi connectivity index (χ2n) is 10.6. The maximum Gasteiger partial charge on any atom is 0.240 e. The first-order valence-corrected chi connectivity index (χ1v) is 15.5. The van der Waals surface area contributed by atoms with Crippen molar-refractivity contribution >= 4 is 29.4 Å². The van der Waals surface area contributed by atoms with Crippen molar-refractivity contribution in [3.05, 3.63) is 89.7 Å². The number of nitrogens with one attached hydrogen (secondary N) is 1. The molecule has 0 unspecified atom stereocenters. The molecule has 1 aromatic heterocycles. The normalized spacial score (nSPS) is 18.1. The van der Waals surface area contributed by atoms with Crippen LogP contribution in [-0.4, -0.2) is 67.4 Å². The Hall–Kier alpha value is -4.35. The number of amides is 2. The highest BCUT2D eigenvalue weighted by atomic mass is 32.2. The minimum atomic E-state index is -0.427. The number of ether oxygens (including phenoxy) is 3. The third kappa shape index (κ3) is 6.02. The molecule has 9 nitrogen and oxygen atoms in total. The largest absolute Gasteiger partial charge is 0.497 e. The molecule has 4 aromatic rings. The highest BCUT2D eigenvalue weighted by Crippen LogP contribution is 2.51. The lowest BCUT2D eigenvalue weighted by Crippen LogP contribution is -2.44. The fourth-order valence-electron chi connectivity index (χ4n) is 5.61. The first kappa shape index (κ1) is 29.7. The van der Waals surface area contributed by atoms with Gasteiger partial charge in [0.2, 0.25) is 11.8 Å². The average molecular weight is 617 g/mol. The Labute approximate surface area is 259 Å². The van der Waals surface area contributed by atoms with Crippen molar-refractivity contribution in [3.63, 3.8) is 0 Å². The number of hydrogen-bond acceptors (Lipinski definition) is 7. The summed E-state index contributed by atoms with van der Waals surface area (Å²) in [4.78, 5) is 28.8. The molecule has 1 fully saturated rings. The van der Waals surface area contributed by atoms with Crippen molar-refractivity contribution < 1.29 is 28.2 Å². The molecule has 2 aliphatic rings. The number of rotatable bonds is 9. The topological polar surface area (TPSA) is 94.9 Å². The molecule has 6 rings (SSSR count). The molecule has 2 amide bonds. The summed E-state index contributed by atoms with van der Waals surface area (Å²) >= 11 is 1.43. The van der Waals surface area contributed by atoms with Gasteiger partial charge in [0.25, 0.3) is 0 Å². The first-order chi connectivity index (χ1) is 21.5. The van der Waals surface area contributed by atoms with E-state index in [0.29, 0.717) is 41.8 Å². The zero-order valence-electron chi connectivity index (χ0n) is 24.5. The fourth-order valence-corrected chi connectivity index (χ4v) is 6.83. The van der Waals surface area contributed by atoms with Crippen LogP contribution in [0, 0.1) is 5.82 Å². The number of anilines is 1. The Morgan fingerprint density at radius 1 is 1.09 bits per heavy atom. The SMILES string of the molecule is COc1ccc(OC)c([C@H]2SCC(=O)N(CC(=O)NC[C@@H]3CCCO3)c3c2c(-c2ccccc2)nn3-c2ccc(F)cc2)c1. The molecule has 228 valence electrons. The number of thioether (sulfide) groups is 1. The summed E-state index contributed by atoms with van der Waals surface area (Å²) in [6.45, 7) is 0.834. The number of methoxy groups -OCH3 is 2. The van der Waals surface area contributed by atoms with Gasteiger partial charge in [0, 0.05) is 29.8 Å². The third-order valence-electron chi connectivity index (χ3n) is 7.78. The van der Waals surface area contributed by atoms with Crippen LogP contribution >= 0.6 is 11.8 Å². The Kier molecular flexibility index (Phi) is 8.85. The molecule has 0 spiro atoms. The lowest BCUT2D eigenvalue weighted by molar-refractivity contribution is -0.123. The maximum absolute atomic E-state index is 14.1. The molecule has 3 heterocycles. The summed E-state index contributed by atoms with van der Waals surface area (Å²) in [5, 5.41) is 7.56. The Morgan fingerprint density at radius 2 is 1.89 bits per heavy atom. The predicted molar refractivity (Wildman–Crippen MR) is 167 cm³/mol. The van der Waals surface area contributed by atoms with Crippen LogP contribution in [0.3, 0.4) is 0 Å². The molecule has 0 saturated carbocycles. The van der Waals surface area contributed by atoms with Crippen LogP contribution in [0.2, 0.25) is 0 Å². The third-order valence-corrected chi connectivity index (χ3v) is 9.02. The van der Waals surface area contributed by atoms with E-state index in [0.717, 1.165) is 29.5 Å². The van der Waals surface area contributed by atoms with Crippen LogP contribution in [0.15, 0.2) is 72.8 Å². The Bertz CT molecular complexity index is 1640. The van der Waals surface area contributed by atoms with Gasteiger partial charge in [0.05, 0.1) is 42.7 Å². The summed E-state index contributed by atoms with van der Waals surface area (Å²) in [5.41, 5.74) is 3.54. The zero-order valence-corrected chi connectivity index (χ0v) is 25.3. The standard InChI is InChI=1S/C33H33FN4O5S/c1-41-24-14-15-27(42-2)26(17-24)32-30-31(21-7-4-3-5-8-21)36-38(23-12-10-22(34)11-13-23)33(30)37(29(40)20-44-32)19-28(39)35-18-25-9-6-16-43-25/h3-5,7-8,10-15,17,25,32H,6,9,16,18-20H2,1-2H3,(H,35,39)/t25-,32+/m0/s1. The Morgan fingerprint density at radius 3 is 2.59 bits per heavy atom. The number of carbonyl (C=O) groups excluding carboxylic acids is 2. The monoisotopic (exact) mass is 616 g/mol. The minimum Gasteiger partial charge on any atom is -0.497 e. The highest BCUT2D eigenvalue weighted by molar-refractivity contribution is 8.00. The van der Waals surface area contributed by atoms with Gasteiger partial charge in [-0.25, -0.2) is 9.07 Å². The van der Waals surface area contributed by atoms with Crippen molar-refractivity contribution in [1.29, 1.82) is 0 Å². The van der Waals surface area contributed by atoms with E-state index in [2.05, 4.69) is 5.32 Å². The van der Waals surface area contributed by atoms with Crippen molar-refractivity contribution in [2.24, 2.45) is 0 Å². The molecule has 0 radical (unpaired) electrons. The van der Waals surface area contributed by atoms with E-state index in [4.69, 9.17) is 19.3 Å². The highest BCUT2D eigenvalue weighted by Gasteiger charge is 2.39. The van der Waals surface area contributed by atoms with Crippen molar-refractivity contribution in [3.8, 4) is 28.4 Å². The zero-order chi connectivity index (χ0) is 30.6. The summed E-state index contributed by atoms with van der Waals surface area (Å²) < 4.78 is 32.7. The predicted octanol–water partition coefficient (Wildman–Crippen LogP) is 5.16. The van der Waals surface area contributed by atoms with E-state index in [1.54, 1.807) is 31.0 Å². The van der Waals surface area contributed by atoms with E-state index in [1.165, 1.54) is 28.8 Å². The number of hydrogen-bond donors (Lipinski definition) is 1. The summed E-state index contributed by atoms with van der Waals surface area (Å²) in [6.07, 6.45) is 1.80. The minimum absolute atomic E-state index is 0.0377. The van der Waals surface area contributed by atoms with E-state index in [-0.39, 0.29) is 30.2 Å². The molecule has 2 aliphatic heterocycles. The van der Waals surface area contributed by atoms with E-state index in [9.17, 15) is 14.0 Å². The summed E-state index contributed by atoms with van der Waals surface area (Å²) in [7, 11) is 3.20. The number of nitrogens with zero attached hydrogens (tertiary/aromatic N) is 3. The number of aromatic nitrogens is 2. The van der Waals surface area contributed by atoms with Gasteiger partial charge in [-0.05, 0) is 55.3 Å². The van der Waals surface area contributed by atoms with Crippen molar-refractivity contribution in [2.75, 3.05) is 44.6 Å². The lowest BCUT2D eigenvalue weighted by atomic mass is 9.98. The van der Waals surface area contributed by atoms with E-state index < -0.39 is 11.1 Å². The maximum atomic E-state index is 14.1. The molecule has 1 N–H and O–H groups in total. The van der Waals surface area contributed by atoms with Gasteiger partial charge in [-0.1, -0.05) is 30.3 Å². The molecule has 1 saturated heterocycles. The van der Waals surface area contributed by atoms with Gasteiger partial charge in [0.1, 0.15) is 29.7 Å². The van der Waals surface area contributed by atoms with Crippen molar-refractivity contribution in [2.45, 2.75) is 24.2 Å². The second-order valence-corrected chi connectivity index (χ2v) is 11.7. The van der Waals surface area contributed by atoms with Gasteiger partial charge in [0.15, 0.2) is 0 Å². The quantitative estimate of drug-likeness (QED) is 0.278. The number of halogens is 1. The molecular weight excluding hydrogens is 583 g/mol. The van der Waals surface area contributed by atoms with Gasteiger partial charge in [-0.2, -0.15) is 5.10 Å². The first-order valence-electron chi connectivity index (χ1n) is 14.4. The summed E-state index contributed by atoms with van der Waals surface area (Å²) in [6, 6.07) is 21.1. The van der Waals surface area contributed by atoms with Crippen LogP contribution in [0.25, 0.3) is 16.9 Å². The molecule has 3 aromatic carbocycles. The Balaban J connectivity index is 1.55. The fraction of sp³-hybridized carbons (Fsp3) is 0.303. The molecule has 2 atom stereocenters.